The van der Waals surface area contributed by atoms with Crippen LogP contribution in [0.2, 0.25) is 0 Å². The fourth-order valence-electron chi connectivity index (χ4n) is 3.45. The van der Waals surface area contributed by atoms with Crippen LogP contribution in [0.1, 0.15) is 58.6 Å². The van der Waals surface area contributed by atoms with Crippen LogP contribution in [0.4, 0.5) is 10.5 Å². The van der Waals surface area contributed by atoms with Crippen molar-refractivity contribution in [3.8, 4) is 5.75 Å². The van der Waals surface area contributed by atoms with E-state index in [4.69, 9.17) is 14.2 Å². The van der Waals surface area contributed by atoms with Crippen LogP contribution in [0.25, 0.3) is 0 Å². The zero-order valence-corrected chi connectivity index (χ0v) is 26.4. The third-order valence-electron chi connectivity index (χ3n) is 5.66. The molecule has 0 saturated heterocycles. The highest BCUT2D eigenvalue weighted by Crippen LogP contribution is 2.26. The number of phenolic OH excluding ortho intramolecular Hbond substituents is 1. The van der Waals surface area contributed by atoms with E-state index in [1.165, 1.54) is 12.1 Å². The van der Waals surface area contributed by atoms with Gasteiger partial charge < -0.3 is 30.0 Å². The van der Waals surface area contributed by atoms with Crippen LogP contribution in [0.5, 0.6) is 5.75 Å². The van der Waals surface area contributed by atoms with Gasteiger partial charge in [-0.05, 0) is 41.0 Å². The van der Waals surface area contributed by atoms with Gasteiger partial charge in [-0.1, -0.05) is 86.9 Å². The lowest BCUT2D eigenvalue weighted by atomic mass is 9.99. The van der Waals surface area contributed by atoms with E-state index >= 15 is 0 Å². The van der Waals surface area contributed by atoms with Gasteiger partial charge in [-0.2, -0.15) is 0 Å². The van der Waals surface area contributed by atoms with Crippen LogP contribution >= 0.6 is 15.9 Å². The molecule has 0 aromatic heterocycles. The molecular formula is C31H41BrN2O8. The predicted octanol–water partition coefficient (Wildman–Crippen LogP) is 5.50. The summed E-state index contributed by atoms with van der Waals surface area (Å²) in [4.78, 5) is 49.4. The second-order valence-electron chi connectivity index (χ2n) is 11.6. The van der Waals surface area contributed by atoms with E-state index < -0.39 is 34.8 Å². The van der Waals surface area contributed by atoms with E-state index in [0.29, 0.717) is 5.56 Å². The quantitative estimate of drug-likeness (QED) is 0.106. The molecule has 1 unspecified atom stereocenters. The van der Waals surface area contributed by atoms with E-state index in [1.807, 2.05) is 65.0 Å². The Morgan fingerprint density at radius 3 is 2.29 bits per heavy atom. The lowest BCUT2D eigenvalue weighted by Crippen LogP contribution is -2.44. The van der Waals surface area contributed by atoms with Crippen LogP contribution in [-0.4, -0.2) is 53.1 Å². The van der Waals surface area contributed by atoms with Crippen molar-refractivity contribution < 1.29 is 38.5 Å². The van der Waals surface area contributed by atoms with E-state index in [0.717, 1.165) is 5.56 Å². The highest BCUT2D eigenvalue weighted by Gasteiger charge is 2.26. The monoisotopic (exact) mass is 648 g/mol. The Morgan fingerprint density at radius 1 is 0.952 bits per heavy atom. The zero-order chi connectivity index (χ0) is 31.3. The van der Waals surface area contributed by atoms with Crippen LogP contribution in [0.15, 0.2) is 48.5 Å². The fraction of sp³-hybridized carbons (Fsp3) is 0.484. The first-order chi connectivity index (χ1) is 19.7. The molecule has 0 heterocycles. The molecule has 42 heavy (non-hydrogen) atoms. The number of ether oxygens (including phenoxy) is 3. The van der Waals surface area contributed by atoms with Gasteiger partial charge >= 0.3 is 18.0 Å². The molecule has 2 atom stereocenters. The predicted molar refractivity (Wildman–Crippen MR) is 162 cm³/mol. The summed E-state index contributed by atoms with van der Waals surface area (Å²) in [6, 6.07) is 12.7. The number of aromatic hydroxyl groups is 1. The lowest BCUT2D eigenvalue weighted by Gasteiger charge is -2.21. The number of phenols is 1. The number of rotatable bonds is 14. The fourth-order valence-corrected chi connectivity index (χ4v) is 3.79. The summed E-state index contributed by atoms with van der Waals surface area (Å²) < 4.78 is 15.9. The summed E-state index contributed by atoms with van der Waals surface area (Å²) in [7, 11) is 0. The number of nitrogens with one attached hydrogen (secondary N) is 2. The second-order valence-corrected chi connectivity index (χ2v) is 12.7. The molecule has 2 rings (SSSR count). The topological polar surface area (TPSA) is 140 Å². The minimum atomic E-state index is -1.06. The molecule has 0 aliphatic heterocycles. The second kappa shape index (κ2) is 16.7. The van der Waals surface area contributed by atoms with Crippen LogP contribution in [0.3, 0.4) is 0 Å². The van der Waals surface area contributed by atoms with Crippen molar-refractivity contribution in [2.24, 2.45) is 11.3 Å². The molecule has 0 aliphatic carbocycles. The molecule has 230 valence electrons. The Kier molecular flexibility index (Phi) is 13.8. The standard InChI is InChI=1S/C31H41BrN2O8/c1-20(2)17-41-29(38)25(34-30(39)42-19-31(3,4)5)16-22-11-13-26(35)24(15-22)33-28(37)23(32)12-14-27(36)40-18-21-9-7-6-8-10-21/h6-11,13,15,20,23,25,35H,12,14,16-19H2,1-5H3,(H,33,37)(H,34,39)/t23-,25?/m0/s1. The largest absolute Gasteiger partial charge is 0.506 e. The highest BCUT2D eigenvalue weighted by atomic mass is 79.9. The minimum absolute atomic E-state index is 0.0132. The first-order valence-corrected chi connectivity index (χ1v) is 14.7. The molecule has 2 amide bonds. The molecule has 10 nitrogen and oxygen atoms in total. The molecule has 0 bridgehead atoms. The van der Waals surface area contributed by atoms with Crippen LogP contribution < -0.4 is 10.6 Å². The highest BCUT2D eigenvalue weighted by molar-refractivity contribution is 9.10. The Labute approximate surface area is 255 Å². The average Bonchev–Trinajstić information content (AvgIpc) is 2.93. The smallest absolute Gasteiger partial charge is 0.407 e. The summed E-state index contributed by atoms with van der Waals surface area (Å²) in [6.45, 7) is 10.0. The molecule has 2 aromatic carbocycles. The van der Waals surface area contributed by atoms with Gasteiger partial charge in [0.2, 0.25) is 5.91 Å². The molecule has 11 heteroatoms. The number of amides is 2. The van der Waals surface area contributed by atoms with Gasteiger partial charge in [-0.15, -0.1) is 0 Å². The normalized spacial score (nSPS) is 12.6. The molecule has 0 spiro atoms. The summed E-state index contributed by atoms with van der Waals surface area (Å²) in [5, 5.41) is 15.6. The number of alkyl halides is 1. The molecule has 0 aliphatic rings. The molecule has 3 N–H and O–H groups in total. The van der Waals surface area contributed by atoms with Crippen molar-refractivity contribution >= 4 is 45.6 Å². The third-order valence-corrected chi connectivity index (χ3v) is 6.53. The summed E-state index contributed by atoms with van der Waals surface area (Å²) in [5.41, 5.74) is 1.26. The van der Waals surface area contributed by atoms with Crippen molar-refractivity contribution in [2.45, 2.75) is 71.4 Å². The molecule has 2 aromatic rings. The van der Waals surface area contributed by atoms with Crippen LogP contribution in [-0.2, 0) is 41.6 Å². The van der Waals surface area contributed by atoms with Crippen LogP contribution in [0, 0.1) is 11.3 Å². The average molecular weight is 650 g/mol. The molecule has 0 saturated carbocycles. The van der Waals surface area contributed by atoms with Gasteiger partial charge in [-0.25, -0.2) is 9.59 Å². The summed E-state index contributed by atoms with van der Waals surface area (Å²) >= 11 is 3.29. The number of esters is 2. The van der Waals surface area contributed by atoms with E-state index in [-0.39, 0.29) is 61.9 Å². The number of carbonyl (C=O) groups excluding carboxylic acids is 4. The number of hydrogen-bond acceptors (Lipinski definition) is 8. The van der Waals surface area contributed by atoms with Crippen molar-refractivity contribution in [1.82, 2.24) is 5.32 Å². The van der Waals surface area contributed by atoms with E-state index in [2.05, 4.69) is 26.6 Å². The molecule has 0 fully saturated rings. The number of carbonyl (C=O) groups is 4. The van der Waals surface area contributed by atoms with Gasteiger partial charge in [0.25, 0.3) is 0 Å². The van der Waals surface area contributed by atoms with Crippen molar-refractivity contribution in [3.05, 3.63) is 59.7 Å². The number of anilines is 1. The van der Waals surface area contributed by atoms with Crippen molar-refractivity contribution in [1.29, 1.82) is 0 Å². The Hall–Kier alpha value is -3.60. The zero-order valence-electron chi connectivity index (χ0n) is 24.8. The maximum atomic E-state index is 12.8. The SMILES string of the molecule is CC(C)COC(=O)C(Cc1ccc(O)c(NC(=O)[C@@H](Br)CCC(=O)OCc2ccccc2)c1)NC(=O)OCC(C)(C)C. The Morgan fingerprint density at radius 2 is 1.64 bits per heavy atom. The first-order valence-electron chi connectivity index (χ1n) is 13.8. The van der Waals surface area contributed by atoms with Gasteiger partial charge in [0, 0.05) is 12.8 Å². The number of alkyl carbamates (subject to hydrolysis) is 1. The molecular weight excluding hydrogens is 608 g/mol. The molecule has 0 radical (unpaired) electrons. The van der Waals surface area contributed by atoms with Gasteiger partial charge in [-0.3, -0.25) is 9.59 Å². The third kappa shape index (κ3) is 13.4. The minimum Gasteiger partial charge on any atom is -0.506 e. The van der Waals surface area contributed by atoms with Crippen molar-refractivity contribution in [2.75, 3.05) is 18.5 Å². The first kappa shape index (κ1) is 34.6. The van der Waals surface area contributed by atoms with Gasteiger partial charge in [0.15, 0.2) is 0 Å². The van der Waals surface area contributed by atoms with Gasteiger partial charge in [0.05, 0.1) is 23.7 Å². The maximum Gasteiger partial charge on any atom is 0.407 e. The summed E-state index contributed by atoms with van der Waals surface area (Å²) in [6.07, 6.45) is -0.549. The number of hydrogen-bond donors (Lipinski definition) is 3. The Balaban J connectivity index is 2.00. The summed E-state index contributed by atoms with van der Waals surface area (Å²) in [5.74, 6) is -1.64. The van der Waals surface area contributed by atoms with E-state index in [1.54, 1.807) is 6.07 Å². The van der Waals surface area contributed by atoms with Gasteiger partial charge in [0.1, 0.15) is 18.4 Å². The lowest BCUT2D eigenvalue weighted by molar-refractivity contribution is -0.147. The number of benzene rings is 2. The van der Waals surface area contributed by atoms with E-state index in [9.17, 15) is 24.3 Å². The maximum absolute atomic E-state index is 12.8. The number of halogens is 1. The van der Waals surface area contributed by atoms with Crippen molar-refractivity contribution in [3.63, 3.8) is 0 Å². The Bertz CT molecular complexity index is 1200.